The van der Waals surface area contributed by atoms with Gasteiger partial charge in [0.15, 0.2) is 15.6 Å². The zero-order valence-corrected chi connectivity index (χ0v) is 19.3. The zero-order chi connectivity index (χ0) is 24.1. The third kappa shape index (κ3) is 7.28. The summed E-state index contributed by atoms with van der Waals surface area (Å²) in [4.78, 5) is 16.6. The Labute approximate surface area is 192 Å². The zero-order valence-electron chi connectivity index (χ0n) is 18.5. The van der Waals surface area contributed by atoms with Crippen LogP contribution >= 0.6 is 0 Å². The van der Waals surface area contributed by atoms with Crippen LogP contribution in [0.4, 0.5) is 13.2 Å². The molecule has 1 heterocycles. The molecule has 1 fully saturated rings. The summed E-state index contributed by atoms with van der Waals surface area (Å²) in [7, 11) is -3.28. The second kappa shape index (κ2) is 10.7. The van der Waals surface area contributed by atoms with Gasteiger partial charge in [0.25, 0.3) is 0 Å². The minimum absolute atomic E-state index is 0.0518. The fourth-order valence-corrected chi connectivity index (χ4v) is 5.97. The number of alkyl halides is 3. The lowest BCUT2D eigenvalue weighted by atomic mass is 9.81. The van der Waals surface area contributed by atoms with E-state index in [1.807, 2.05) is 13.0 Å². The number of hydrogen-bond donors (Lipinski definition) is 0. The molecule has 1 aromatic carbocycles. The average Bonchev–Trinajstić information content (AvgIpc) is 2.71. The molecule has 0 amide bonds. The van der Waals surface area contributed by atoms with E-state index in [9.17, 15) is 26.4 Å². The molecule has 0 unspecified atom stereocenters. The lowest BCUT2D eigenvalue weighted by Gasteiger charge is -2.35. The van der Waals surface area contributed by atoms with E-state index in [0.29, 0.717) is 42.1 Å². The number of sulfone groups is 1. The van der Waals surface area contributed by atoms with Crippen molar-refractivity contribution in [1.29, 1.82) is 0 Å². The molecule has 1 aromatic heterocycles. The van der Waals surface area contributed by atoms with Gasteiger partial charge in [-0.2, -0.15) is 13.2 Å². The van der Waals surface area contributed by atoms with Gasteiger partial charge in [0, 0.05) is 24.2 Å². The first-order valence-corrected chi connectivity index (χ1v) is 12.6. The maximum Gasteiger partial charge on any atom is 0.392 e. The standard InChI is InChI=1S/C24H28F3NO4S/c1-17-5-4-7-20(13-17)33(30,31)21-14-18(15-21)6-2-3-8-22(29)19-9-10-23(28-16-19)32-12-11-24(25,26)27/h4-5,7,9-10,13,16,18,21H,2-3,6,8,11-12,14-15H2,1H3. The Balaban J connectivity index is 1.34. The molecule has 1 aliphatic carbocycles. The van der Waals surface area contributed by atoms with Crippen LogP contribution in [0.25, 0.3) is 0 Å². The monoisotopic (exact) mass is 483 g/mol. The maximum atomic E-state index is 12.7. The molecular weight excluding hydrogens is 455 g/mol. The number of pyridine rings is 1. The predicted octanol–water partition coefficient (Wildman–Crippen LogP) is 5.72. The molecule has 0 saturated heterocycles. The number of aromatic nitrogens is 1. The summed E-state index contributed by atoms with van der Waals surface area (Å²) in [5, 5.41) is -0.325. The maximum absolute atomic E-state index is 12.7. The molecule has 1 saturated carbocycles. The van der Waals surface area contributed by atoms with Gasteiger partial charge < -0.3 is 4.74 Å². The van der Waals surface area contributed by atoms with Crippen molar-refractivity contribution in [1.82, 2.24) is 4.98 Å². The predicted molar refractivity (Wildman–Crippen MR) is 118 cm³/mol. The second-order valence-corrected chi connectivity index (χ2v) is 10.8. The first-order chi connectivity index (χ1) is 15.5. The van der Waals surface area contributed by atoms with Gasteiger partial charge in [-0.15, -0.1) is 0 Å². The minimum atomic E-state index is -4.29. The molecule has 33 heavy (non-hydrogen) atoms. The fraction of sp³-hybridized carbons (Fsp3) is 0.500. The van der Waals surface area contributed by atoms with Crippen molar-refractivity contribution in [3.05, 3.63) is 53.7 Å². The van der Waals surface area contributed by atoms with Gasteiger partial charge >= 0.3 is 6.18 Å². The van der Waals surface area contributed by atoms with Gasteiger partial charge in [0.05, 0.1) is 23.2 Å². The van der Waals surface area contributed by atoms with Crippen molar-refractivity contribution in [2.45, 2.75) is 68.2 Å². The number of Topliss-reactive ketones (excluding diaryl/α,β-unsaturated/α-hetero) is 1. The largest absolute Gasteiger partial charge is 0.477 e. The SMILES string of the molecule is Cc1cccc(S(=O)(=O)C2CC(CCCCC(=O)c3ccc(OCCC(F)(F)F)nc3)C2)c1. The fourth-order valence-electron chi connectivity index (χ4n) is 3.91. The van der Waals surface area contributed by atoms with E-state index in [4.69, 9.17) is 4.74 Å². The quantitative estimate of drug-likeness (QED) is 0.302. The van der Waals surface area contributed by atoms with E-state index in [1.165, 1.54) is 18.3 Å². The van der Waals surface area contributed by atoms with E-state index < -0.39 is 29.0 Å². The molecule has 0 N–H and O–H groups in total. The first-order valence-electron chi connectivity index (χ1n) is 11.0. The number of carbonyl (C=O) groups excluding carboxylic acids is 1. The summed E-state index contributed by atoms with van der Waals surface area (Å²) in [6, 6.07) is 9.90. The number of hydrogen-bond acceptors (Lipinski definition) is 5. The van der Waals surface area contributed by atoms with E-state index in [0.717, 1.165) is 18.4 Å². The van der Waals surface area contributed by atoms with Crippen LogP contribution in [-0.4, -0.2) is 37.2 Å². The highest BCUT2D eigenvalue weighted by molar-refractivity contribution is 7.92. The number of halogens is 3. The smallest absolute Gasteiger partial charge is 0.392 e. The molecular formula is C24H28F3NO4S. The van der Waals surface area contributed by atoms with Crippen molar-refractivity contribution in [2.75, 3.05) is 6.61 Å². The van der Waals surface area contributed by atoms with E-state index >= 15 is 0 Å². The van der Waals surface area contributed by atoms with Crippen molar-refractivity contribution in [3.8, 4) is 5.88 Å². The van der Waals surface area contributed by atoms with E-state index in [-0.39, 0.29) is 16.9 Å². The topological polar surface area (TPSA) is 73.3 Å². The summed E-state index contributed by atoms with van der Waals surface area (Å²) in [6.45, 7) is 1.36. The van der Waals surface area contributed by atoms with Crippen molar-refractivity contribution in [3.63, 3.8) is 0 Å². The number of rotatable bonds is 11. The molecule has 5 nitrogen and oxygen atoms in total. The van der Waals surface area contributed by atoms with Gasteiger partial charge in [0.2, 0.25) is 5.88 Å². The molecule has 0 radical (unpaired) electrons. The van der Waals surface area contributed by atoms with Crippen LogP contribution in [0.3, 0.4) is 0 Å². The molecule has 0 spiro atoms. The average molecular weight is 484 g/mol. The Hall–Kier alpha value is -2.42. The summed E-state index contributed by atoms with van der Waals surface area (Å²) in [5.74, 6) is 0.327. The molecule has 180 valence electrons. The summed E-state index contributed by atoms with van der Waals surface area (Å²) in [5.41, 5.74) is 1.32. The molecule has 2 aromatic rings. The van der Waals surface area contributed by atoms with Crippen molar-refractivity contribution >= 4 is 15.6 Å². The highest BCUT2D eigenvalue weighted by Crippen LogP contribution is 2.39. The third-order valence-corrected chi connectivity index (χ3v) is 8.08. The van der Waals surface area contributed by atoms with Crippen molar-refractivity contribution in [2.24, 2.45) is 5.92 Å². The lowest BCUT2D eigenvalue weighted by Crippen LogP contribution is -2.36. The Kier molecular flexibility index (Phi) is 8.15. The molecule has 0 aliphatic heterocycles. The minimum Gasteiger partial charge on any atom is -0.477 e. The summed E-state index contributed by atoms with van der Waals surface area (Å²) < 4.78 is 66.8. The molecule has 0 bridgehead atoms. The Morgan fingerprint density at radius 1 is 1.15 bits per heavy atom. The Morgan fingerprint density at radius 3 is 2.55 bits per heavy atom. The lowest BCUT2D eigenvalue weighted by molar-refractivity contribution is -0.139. The number of unbranched alkanes of at least 4 members (excludes halogenated alkanes) is 1. The molecule has 3 rings (SSSR count). The molecule has 9 heteroatoms. The molecule has 0 atom stereocenters. The van der Waals surface area contributed by atoms with E-state index in [2.05, 4.69) is 4.98 Å². The van der Waals surface area contributed by atoms with Gasteiger partial charge in [0.1, 0.15) is 0 Å². The number of carbonyl (C=O) groups is 1. The number of ether oxygens (including phenoxy) is 1. The summed E-state index contributed by atoms with van der Waals surface area (Å²) >= 11 is 0. The number of nitrogens with zero attached hydrogens (tertiary/aromatic N) is 1. The van der Waals surface area contributed by atoms with Crippen LogP contribution in [0, 0.1) is 12.8 Å². The van der Waals surface area contributed by atoms with E-state index in [1.54, 1.807) is 18.2 Å². The highest BCUT2D eigenvalue weighted by atomic mass is 32.2. The van der Waals surface area contributed by atoms with Crippen LogP contribution < -0.4 is 4.74 Å². The van der Waals surface area contributed by atoms with Gasteiger partial charge in [-0.25, -0.2) is 13.4 Å². The van der Waals surface area contributed by atoms with Crippen LogP contribution in [0.15, 0.2) is 47.5 Å². The Bertz CT molecular complexity index is 1050. The first kappa shape index (κ1) is 25.2. The molecule has 1 aliphatic rings. The van der Waals surface area contributed by atoms with Crippen molar-refractivity contribution < 1.29 is 31.1 Å². The third-order valence-electron chi connectivity index (χ3n) is 5.91. The number of ketones is 1. The van der Waals surface area contributed by atoms with Crippen LogP contribution in [0.2, 0.25) is 0 Å². The van der Waals surface area contributed by atoms with Gasteiger partial charge in [-0.1, -0.05) is 25.0 Å². The number of aryl methyl sites for hydroxylation is 1. The van der Waals surface area contributed by atoms with Gasteiger partial charge in [-0.3, -0.25) is 4.79 Å². The normalized spacial score (nSPS) is 18.5. The Morgan fingerprint density at radius 2 is 1.91 bits per heavy atom. The van der Waals surface area contributed by atoms with Crippen LogP contribution in [0.1, 0.15) is 60.9 Å². The van der Waals surface area contributed by atoms with Gasteiger partial charge in [-0.05, 0) is 55.9 Å². The van der Waals surface area contributed by atoms with Crippen LogP contribution in [-0.2, 0) is 9.84 Å². The second-order valence-electron chi connectivity index (χ2n) is 8.59. The van der Waals surface area contributed by atoms with Crippen LogP contribution in [0.5, 0.6) is 5.88 Å². The highest BCUT2D eigenvalue weighted by Gasteiger charge is 2.39. The summed E-state index contributed by atoms with van der Waals surface area (Å²) in [6.07, 6.45) is 0.0333. The number of benzene rings is 1.